The molecule has 2 heterocycles. The second-order valence-electron chi connectivity index (χ2n) is 8.75. The van der Waals surface area contributed by atoms with Crippen molar-refractivity contribution in [2.24, 2.45) is 0 Å². The molecule has 0 saturated heterocycles. The minimum atomic E-state index is -4.95. The summed E-state index contributed by atoms with van der Waals surface area (Å²) in [4.78, 5) is 3.13. The topological polar surface area (TPSA) is 64.0 Å². The first kappa shape index (κ1) is 23.2. The lowest BCUT2D eigenvalue weighted by Gasteiger charge is -2.31. The van der Waals surface area contributed by atoms with Crippen LogP contribution in [0.3, 0.4) is 0 Å². The summed E-state index contributed by atoms with van der Waals surface area (Å²) in [6, 6.07) is 2.40. The molecule has 34 heavy (non-hydrogen) atoms. The van der Waals surface area contributed by atoms with Gasteiger partial charge < -0.3 is 4.57 Å². The van der Waals surface area contributed by atoms with Crippen molar-refractivity contribution in [3.8, 4) is 11.1 Å². The van der Waals surface area contributed by atoms with Crippen LogP contribution in [0.2, 0.25) is 0 Å². The van der Waals surface area contributed by atoms with Gasteiger partial charge in [-0.2, -0.15) is 13.2 Å². The number of nitrogens with zero attached hydrogens (tertiary/aromatic N) is 2. The zero-order valence-electron chi connectivity index (χ0n) is 17.5. The quantitative estimate of drug-likeness (QED) is 0.467. The van der Waals surface area contributed by atoms with Crippen molar-refractivity contribution >= 4 is 20.9 Å². The lowest BCUT2D eigenvalue weighted by atomic mass is 9.90. The van der Waals surface area contributed by atoms with Crippen LogP contribution in [0.5, 0.6) is 0 Å². The van der Waals surface area contributed by atoms with Gasteiger partial charge in [-0.1, -0.05) is 0 Å². The van der Waals surface area contributed by atoms with E-state index >= 15 is 4.39 Å². The molecule has 0 spiro atoms. The van der Waals surface area contributed by atoms with Crippen molar-refractivity contribution < 1.29 is 34.8 Å². The Labute approximate surface area is 190 Å². The number of hydrogen-bond acceptors (Lipinski definition) is 3. The molecule has 0 atom stereocenters. The highest BCUT2D eigenvalue weighted by molar-refractivity contribution is 7.90. The maximum absolute atomic E-state index is 15.1. The Morgan fingerprint density at radius 2 is 1.79 bits per heavy atom. The lowest BCUT2D eigenvalue weighted by molar-refractivity contribution is -0.140. The second-order valence-corrected chi connectivity index (χ2v) is 10.8. The summed E-state index contributed by atoms with van der Waals surface area (Å²) in [5, 5.41) is -0.190. The molecule has 2 fully saturated rings. The largest absolute Gasteiger partial charge is 0.433 e. The summed E-state index contributed by atoms with van der Waals surface area (Å²) in [5.74, 6) is -2.11. The van der Waals surface area contributed by atoms with Crippen LogP contribution >= 0.6 is 0 Å². The normalized spacial score (nSPS) is 21.1. The molecule has 2 aromatic heterocycles. The Morgan fingerprint density at radius 3 is 2.41 bits per heavy atom. The van der Waals surface area contributed by atoms with Gasteiger partial charge in [-0.05, 0) is 49.4 Å². The van der Waals surface area contributed by atoms with Gasteiger partial charge in [0, 0.05) is 40.8 Å². The van der Waals surface area contributed by atoms with Gasteiger partial charge in [0.2, 0.25) is 10.0 Å². The van der Waals surface area contributed by atoms with Gasteiger partial charge in [-0.25, -0.2) is 31.3 Å². The van der Waals surface area contributed by atoms with E-state index in [0.29, 0.717) is 36.2 Å². The van der Waals surface area contributed by atoms with Crippen molar-refractivity contribution in [1.29, 1.82) is 0 Å². The molecule has 5 rings (SSSR count). The van der Waals surface area contributed by atoms with Gasteiger partial charge >= 0.3 is 6.18 Å². The molecule has 2 aliphatic carbocycles. The van der Waals surface area contributed by atoms with E-state index in [-0.39, 0.29) is 30.8 Å². The first-order valence-electron chi connectivity index (χ1n) is 10.6. The highest BCUT2D eigenvalue weighted by Gasteiger charge is 2.38. The fourth-order valence-electron chi connectivity index (χ4n) is 4.28. The Kier molecular flexibility index (Phi) is 5.43. The summed E-state index contributed by atoms with van der Waals surface area (Å²) >= 11 is 0. The molecule has 1 N–H and O–H groups in total. The predicted octanol–water partition coefficient (Wildman–Crippen LogP) is 5.26. The standard InChI is InChI=1S/C22H19F6N3O2S/c23-12-3-14(4-12)31-10-11(8-30-34(32,33)15-1-2-15)16-6-19(25)17(7-20(16)31)18-5-13(24)9-29-21(18)22(26,27)28/h5-7,9-10,12,14-15,30H,1-4,8H2. The Hall–Kier alpha value is -2.60. The van der Waals surface area contributed by atoms with E-state index in [4.69, 9.17) is 0 Å². The molecule has 3 aromatic rings. The Balaban J connectivity index is 1.63. The molecular weight excluding hydrogens is 484 g/mol. The zero-order valence-corrected chi connectivity index (χ0v) is 18.4. The SMILES string of the molecule is O=S(=O)(NCc1cn(C2CC(F)C2)c2cc(-c3cc(F)cnc3C(F)(F)F)c(F)cc12)C1CC1. The van der Waals surface area contributed by atoms with Crippen LogP contribution in [0.15, 0.2) is 30.6 Å². The summed E-state index contributed by atoms with van der Waals surface area (Å²) in [7, 11) is -3.54. The van der Waals surface area contributed by atoms with Crippen LogP contribution in [-0.2, 0) is 22.7 Å². The molecule has 0 unspecified atom stereocenters. The smallest absolute Gasteiger partial charge is 0.344 e. The van der Waals surface area contributed by atoms with Crippen LogP contribution in [-0.4, -0.2) is 29.4 Å². The predicted molar refractivity (Wildman–Crippen MR) is 112 cm³/mol. The maximum Gasteiger partial charge on any atom is 0.433 e. The average molecular weight is 503 g/mol. The molecular formula is C22H19F6N3O2S. The van der Waals surface area contributed by atoms with E-state index in [0.717, 1.165) is 12.1 Å². The van der Waals surface area contributed by atoms with Crippen LogP contribution in [0.4, 0.5) is 26.3 Å². The Bertz CT molecular complexity index is 1380. The highest BCUT2D eigenvalue weighted by atomic mass is 32.2. The van der Waals surface area contributed by atoms with E-state index in [1.807, 2.05) is 0 Å². The minimum absolute atomic E-state index is 0.151. The van der Waals surface area contributed by atoms with Gasteiger partial charge in [0.05, 0.1) is 11.4 Å². The number of fused-ring (bicyclic) bond motifs is 1. The monoisotopic (exact) mass is 503 g/mol. The van der Waals surface area contributed by atoms with E-state index in [1.165, 1.54) is 0 Å². The van der Waals surface area contributed by atoms with Crippen molar-refractivity contribution in [3.05, 3.63) is 53.5 Å². The minimum Gasteiger partial charge on any atom is -0.344 e. The number of alkyl halides is 4. The molecule has 0 radical (unpaired) electrons. The summed E-state index contributed by atoms with van der Waals surface area (Å²) < 4.78 is 112. The van der Waals surface area contributed by atoms with Gasteiger partial charge in [-0.3, -0.25) is 0 Å². The fourth-order valence-corrected chi connectivity index (χ4v) is 5.63. The van der Waals surface area contributed by atoms with E-state index in [9.17, 15) is 30.4 Å². The number of benzene rings is 1. The number of pyridine rings is 1. The third-order valence-corrected chi connectivity index (χ3v) is 8.19. The van der Waals surface area contributed by atoms with Crippen LogP contribution in [0, 0.1) is 11.6 Å². The van der Waals surface area contributed by atoms with Gasteiger partial charge in [-0.15, -0.1) is 0 Å². The summed E-state index contributed by atoms with van der Waals surface area (Å²) in [6.07, 6.45) is -2.58. The molecule has 0 bridgehead atoms. The Morgan fingerprint density at radius 1 is 1.09 bits per heavy atom. The van der Waals surface area contributed by atoms with Gasteiger partial charge in [0.25, 0.3) is 0 Å². The van der Waals surface area contributed by atoms with Crippen LogP contribution < -0.4 is 4.72 Å². The molecule has 182 valence electrons. The van der Waals surface area contributed by atoms with Crippen LogP contribution in [0.1, 0.15) is 43.0 Å². The zero-order chi connectivity index (χ0) is 24.4. The fraction of sp³-hybridized carbons (Fsp3) is 0.409. The van der Waals surface area contributed by atoms with E-state index in [2.05, 4.69) is 9.71 Å². The summed E-state index contributed by atoms with van der Waals surface area (Å²) in [5.41, 5.74) is -2.00. The number of aromatic nitrogens is 2. The first-order valence-corrected chi connectivity index (χ1v) is 12.2. The van der Waals surface area contributed by atoms with Crippen molar-refractivity contribution in [1.82, 2.24) is 14.3 Å². The molecule has 2 aliphatic rings. The molecule has 1 aromatic carbocycles. The number of rotatable bonds is 6. The second kappa shape index (κ2) is 7.98. The molecule has 2 saturated carbocycles. The third kappa shape index (κ3) is 4.17. The maximum atomic E-state index is 15.1. The van der Waals surface area contributed by atoms with E-state index < -0.39 is 56.1 Å². The number of sulfonamides is 1. The molecule has 12 heteroatoms. The third-order valence-electron chi connectivity index (χ3n) is 6.29. The number of hydrogen-bond donors (Lipinski definition) is 1. The number of halogens is 6. The van der Waals surface area contributed by atoms with Crippen LogP contribution in [0.25, 0.3) is 22.0 Å². The highest BCUT2D eigenvalue weighted by Crippen LogP contribution is 2.42. The first-order chi connectivity index (χ1) is 15.9. The summed E-state index contributed by atoms with van der Waals surface area (Å²) in [6.45, 7) is -0.151. The van der Waals surface area contributed by atoms with Gasteiger partial charge in [0.1, 0.15) is 17.8 Å². The molecule has 5 nitrogen and oxygen atoms in total. The van der Waals surface area contributed by atoms with Crippen molar-refractivity contribution in [3.63, 3.8) is 0 Å². The van der Waals surface area contributed by atoms with Crippen molar-refractivity contribution in [2.45, 2.75) is 55.9 Å². The lowest BCUT2D eigenvalue weighted by Crippen LogP contribution is -2.28. The van der Waals surface area contributed by atoms with Gasteiger partial charge in [0.15, 0.2) is 5.69 Å². The number of nitrogens with one attached hydrogen (secondary N) is 1. The molecule has 0 amide bonds. The molecule has 0 aliphatic heterocycles. The van der Waals surface area contributed by atoms with Crippen molar-refractivity contribution in [2.75, 3.05) is 0 Å². The van der Waals surface area contributed by atoms with E-state index in [1.54, 1.807) is 10.8 Å². The average Bonchev–Trinajstić information content (AvgIpc) is 3.53.